The number of benzene rings is 2. The molecule has 1 aliphatic heterocycles. The van der Waals surface area contributed by atoms with Crippen LogP contribution in [0.25, 0.3) is 0 Å². The van der Waals surface area contributed by atoms with Gasteiger partial charge in [-0.15, -0.1) is 0 Å². The summed E-state index contributed by atoms with van der Waals surface area (Å²) in [6.07, 6.45) is -3.02. The van der Waals surface area contributed by atoms with E-state index in [4.69, 9.17) is 9.47 Å². The summed E-state index contributed by atoms with van der Waals surface area (Å²) in [7, 11) is 0. The number of ether oxygens (including phenoxy) is 2. The highest BCUT2D eigenvalue weighted by Gasteiger charge is 2.47. The van der Waals surface area contributed by atoms with Crippen LogP contribution in [0.5, 0.6) is 11.5 Å². The lowest BCUT2D eigenvalue weighted by Crippen LogP contribution is -2.37. The summed E-state index contributed by atoms with van der Waals surface area (Å²) in [6.45, 7) is 8.00. The summed E-state index contributed by atoms with van der Waals surface area (Å²) in [5.41, 5.74) is -0.967. The maximum atomic E-state index is 13.4. The number of rotatable bonds is 4. The minimum Gasteiger partial charge on any atom is -0.465 e. The first-order chi connectivity index (χ1) is 18.5. The molecule has 7 nitrogen and oxygen atoms in total. The van der Waals surface area contributed by atoms with Crippen molar-refractivity contribution < 1.29 is 37.2 Å². The normalized spacial score (nSPS) is 20.6. The molecule has 0 amide bonds. The zero-order valence-corrected chi connectivity index (χ0v) is 22.5. The van der Waals surface area contributed by atoms with E-state index >= 15 is 0 Å². The van der Waals surface area contributed by atoms with Gasteiger partial charge in [-0.1, -0.05) is 39.8 Å². The number of carbonyl (C=O) groups is 2. The molecular formula is C30H28F3NO6. The quantitative estimate of drug-likeness (QED) is 0.282. The third kappa shape index (κ3) is 5.14. The Hall–Kier alpha value is -3.95. The highest BCUT2D eigenvalue weighted by Crippen LogP contribution is 2.53. The van der Waals surface area contributed by atoms with Crippen LogP contribution in [0.2, 0.25) is 0 Å². The smallest absolute Gasteiger partial charge is 0.416 e. The van der Waals surface area contributed by atoms with Crippen LogP contribution < -0.4 is 4.74 Å². The van der Waals surface area contributed by atoms with Crippen molar-refractivity contribution in [2.24, 2.45) is 10.8 Å². The van der Waals surface area contributed by atoms with Crippen molar-refractivity contribution in [2.45, 2.75) is 65.5 Å². The van der Waals surface area contributed by atoms with Crippen molar-refractivity contribution in [1.82, 2.24) is 0 Å². The number of allylic oxidation sites excluding steroid dienone is 4. The molecule has 0 fully saturated rings. The zero-order chi connectivity index (χ0) is 29.2. The number of hydrogen-bond donors (Lipinski definition) is 0. The highest BCUT2D eigenvalue weighted by molar-refractivity contribution is 6.06. The Bertz CT molecular complexity index is 1450. The standard InChI is InChI=1S/C30H28F3NO6/c1-28(2)12-20(35)26-23(14-28)40-24-15-29(3,4)13-21(36)27(24)25(26)16-5-8-18(9-6-16)39-22-10-7-17(30(31,32)33)11-19(22)34(37)38/h5-11,25H,12-15H2,1-4H3. The second-order valence-electron chi connectivity index (χ2n) is 12.2. The molecule has 2 aliphatic carbocycles. The maximum absolute atomic E-state index is 13.4. The lowest BCUT2D eigenvalue weighted by Gasteiger charge is -2.42. The first kappa shape index (κ1) is 27.6. The third-order valence-corrected chi connectivity index (χ3v) is 7.51. The van der Waals surface area contributed by atoms with Crippen molar-refractivity contribution in [3.05, 3.63) is 86.4 Å². The second-order valence-corrected chi connectivity index (χ2v) is 12.2. The fraction of sp³-hybridized carbons (Fsp3) is 0.400. The molecule has 0 bridgehead atoms. The van der Waals surface area contributed by atoms with E-state index in [1.165, 1.54) is 12.1 Å². The van der Waals surface area contributed by atoms with Gasteiger partial charge in [0.1, 0.15) is 17.3 Å². The Morgan fingerprint density at radius 1 is 0.875 bits per heavy atom. The Kier molecular flexibility index (Phi) is 6.43. The molecule has 0 N–H and O–H groups in total. The van der Waals surface area contributed by atoms with Crippen LogP contribution in [-0.2, 0) is 20.5 Å². The van der Waals surface area contributed by atoms with Gasteiger partial charge >= 0.3 is 11.9 Å². The van der Waals surface area contributed by atoms with Crippen LogP contribution in [0, 0.1) is 20.9 Å². The van der Waals surface area contributed by atoms with E-state index in [9.17, 15) is 32.9 Å². The van der Waals surface area contributed by atoms with Gasteiger partial charge in [0, 0.05) is 48.8 Å². The van der Waals surface area contributed by atoms with Crippen molar-refractivity contribution in [3.63, 3.8) is 0 Å². The van der Waals surface area contributed by atoms with Crippen molar-refractivity contribution in [3.8, 4) is 11.5 Å². The summed E-state index contributed by atoms with van der Waals surface area (Å²) in [5.74, 6) is 0.172. The molecule has 0 unspecified atom stereocenters. The summed E-state index contributed by atoms with van der Waals surface area (Å²) in [5, 5.41) is 11.4. The number of Topliss-reactive ketones (excluding diaryl/α,β-unsaturated/α-hetero) is 2. The van der Waals surface area contributed by atoms with Crippen molar-refractivity contribution >= 4 is 17.3 Å². The number of alkyl halides is 3. The molecule has 2 aromatic carbocycles. The SMILES string of the molecule is CC1(C)CC(=O)C2=C(C1)OC1=C(C(=O)CC(C)(C)C1)C2c1ccc(Oc2ccc(C(F)(F)F)cc2[N+](=O)[O-])cc1. The summed E-state index contributed by atoms with van der Waals surface area (Å²) in [4.78, 5) is 37.3. The van der Waals surface area contributed by atoms with Gasteiger partial charge in [0.25, 0.3) is 0 Å². The number of ketones is 2. The molecule has 0 saturated carbocycles. The minimum atomic E-state index is -4.74. The highest BCUT2D eigenvalue weighted by atomic mass is 19.4. The lowest BCUT2D eigenvalue weighted by atomic mass is 9.65. The van der Waals surface area contributed by atoms with Gasteiger partial charge in [0.2, 0.25) is 5.75 Å². The molecule has 0 atom stereocenters. The summed E-state index contributed by atoms with van der Waals surface area (Å²) < 4.78 is 51.1. The number of nitro groups is 1. The molecule has 10 heteroatoms. The van der Waals surface area contributed by atoms with Gasteiger partial charge in [0.15, 0.2) is 11.6 Å². The fourth-order valence-corrected chi connectivity index (χ4v) is 5.79. The number of nitro benzene ring substituents is 1. The van der Waals surface area contributed by atoms with Crippen LogP contribution in [0.1, 0.15) is 70.4 Å². The van der Waals surface area contributed by atoms with E-state index in [2.05, 4.69) is 0 Å². The topological polar surface area (TPSA) is 95.7 Å². The molecule has 210 valence electrons. The lowest BCUT2D eigenvalue weighted by molar-refractivity contribution is -0.385. The maximum Gasteiger partial charge on any atom is 0.416 e. The minimum absolute atomic E-state index is 0.0823. The van der Waals surface area contributed by atoms with E-state index < -0.39 is 28.3 Å². The summed E-state index contributed by atoms with van der Waals surface area (Å²) >= 11 is 0. The predicted molar refractivity (Wildman–Crippen MR) is 139 cm³/mol. The van der Waals surface area contributed by atoms with Gasteiger partial charge in [-0.2, -0.15) is 13.2 Å². The van der Waals surface area contributed by atoms with Gasteiger partial charge in [-0.05, 0) is 40.7 Å². The van der Waals surface area contributed by atoms with Crippen molar-refractivity contribution in [2.75, 3.05) is 0 Å². The van der Waals surface area contributed by atoms with Crippen LogP contribution in [0.3, 0.4) is 0 Å². The van der Waals surface area contributed by atoms with E-state index in [-0.39, 0.29) is 33.9 Å². The number of carbonyl (C=O) groups excluding carboxylic acids is 2. The first-order valence-corrected chi connectivity index (χ1v) is 12.9. The zero-order valence-electron chi connectivity index (χ0n) is 22.5. The largest absolute Gasteiger partial charge is 0.465 e. The molecule has 1 heterocycles. The molecule has 5 rings (SSSR count). The van der Waals surface area contributed by atoms with Gasteiger partial charge in [0.05, 0.1) is 10.5 Å². The molecule has 0 spiro atoms. The Morgan fingerprint density at radius 2 is 1.40 bits per heavy atom. The molecular weight excluding hydrogens is 527 g/mol. The Balaban J connectivity index is 1.53. The summed E-state index contributed by atoms with van der Waals surface area (Å²) in [6, 6.07) is 8.41. The van der Waals surface area contributed by atoms with E-state index in [0.29, 0.717) is 66.0 Å². The average Bonchev–Trinajstić information content (AvgIpc) is 2.81. The van der Waals surface area contributed by atoms with Crippen LogP contribution in [-0.4, -0.2) is 16.5 Å². The third-order valence-electron chi connectivity index (χ3n) is 7.51. The number of nitrogens with zero attached hydrogens (tertiary/aromatic N) is 1. The van der Waals surface area contributed by atoms with Crippen LogP contribution >= 0.6 is 0 Å². The number of halogens is 3. The first-order valence-electron chi connectivity index (χ1n) is 12.9. The number of hydrogen-bond acceptors (Lipinski definition) is 6. The van der Waals surface area contributed by atoms with Crippen LogP contribution in [0.15, 0.2) is 65.1 Å². The van der Waals surface area contributed by atoms with E-state index in [1.54, 1.807) is 12.1 Å². The molecule has 0 aromatic heterocycles. The monoisotopic (exact) mass is 555 g/mol. The fourth-order valence-electron chi connectivity index (χ4n) is 5.79. The van der Waals surface area contributed by atoms with Gasteiger partial charge < -0.3 is 9.47 Å². The van der Waals surface area contributed by atoms with Gasteiger partial charge in [-0.25, -0.2) is 0 Å². The second kappa shape index (κ2) is 9.31. The predicted octanol–water partition coefficient (Wildman–Crippen LogP) is 7.81. The molecule has 0 radical (unpaired) electrons. The molecule has 3 aliphatic rings. The van der Waals surface area contributed by atoms with Crippen molar-refractivity contribution in [1.29, 1.82) is 0 Å². The average molecular weight is 556 g/mol. The van der Waals surface area contributed by atoms with Crippen LogP contribution in [0.4, 0.5) is 18.9 Å². The Labute approximate surface area is 228 Å². The molecule has 2 aromatic rings. The van der Waals surface area contributed by atoms with E-state index in [1.807, 2.05) is 27.7 Å². The van der Waals surface area contributed by atoms with Gasteiger partial charge in [-0.3, -0.25) is 19.7 Å². The van der Waals surface area contributed by atoms with E-state index in [0.717, 1.165) is 6.07 Å². The molecule has 40 heavy (non-hydrogen) atoms. The Morgan fingerprint density at radius 3 is 1.88 bits per heavy atom. The molecule has 0 saturated heterocycles.